The van der Waals surface area contributed by atoms with E-state index in [2.05, 4.69) is 0 Å². The molecule has 7 heteroatoms. The monoisotopic (exact) mass is 243 g/mol. The molecular formula is C7H17NO4S2. The van der Waals surface area contributed by atoms with Crippen LogP contribution in [0.4, 0.5) is 0 Å². The second-order valence-electron chi connectivity index (χ2n) is 2.66. The van der Waals surface area contributed by atoms with Crippen molar-refractivity contribution in [3.8, 4) is 0 Å². The van der Waals surface area contributed by atoms with Crippen LogP contribution in [0, 0.1) is 0 Å². The molecule has 0 heterocycles. The Morgan fingerprint density at radius 1 is 1.21 bits per heavy atom. The minimum absolute atomic E-state index is 0.0350. The molecule has 0 bridgehead atoms. The van der Waals surface area contributed by atoms with Gasteiger partial charge in [0, 0.05) is 13.1 Å². The Kier molecular flexibility index (Phi) is 7.56. The van der Waals surface area contributed by atoms with E-state index in [1.807, 2.05) is 0 Å². The van der Waals surface area contributed by atoms with Crippen LogP contribution in [0.1, 0.15) is 6.92 Å². The molecule has 0 unspecified atom stereocenters. The zero-order chi connectivity index (χ0) is 11.0. The molecule has 0 saturated heterocycles. The maximum absolute atomic E-state index is 11.1. The first kappa shape index (κ1) is 14.2. The van der Waals surface area contributed by atoms with Crippen molar-refractivity contribution in [2.24, 2.45) is 0 Å². The van der Waals surface area contributed by atoms with Crippen molar-refractivity contribution in [2.75, 3.05) is 37.9 Å². The van der Waals surface area contributed by atoms with Crippen LogP contribution in [0.25, 0.3) is 0 Å². The van der Waals surface area contributed by atoms with Crippen molar-refractivity contribution in [2.45, 2.75) is 6.92 Å². The number of nitrogens with zero attached hydrogens (tertiary/aromatic N) is 1. The number of aliphatic hydroxyl groups excluding tert-OH is 2. The maximum atomic E-state index is 11.1. The van der Waals surface area contributed by atoms with Crippen molar-refractivity contribution in [3.63, 3.8) is 0 Å². The third kappa shape index (κ3) is 6.61. The largest absolute Gasteiger partial charge is 0.395 e. The average molecular weight is 243 g/mol. The maximum Gasteiger partial charge on any atom is 0.202 e. The van der Waals surface area contributed by atoms with Gasteiger partial charge in [0.25, 0.3) is 0 Å². The van der Waals surface area contributed by atoms with E-state index in [-0.39, 0.29) is 24.8 Å². The first-order valence-electron chi connectivity index (χ1n) is 4.37. The zero-order valence-corrected chi connectivity index (χ0v) is 9.85. The SMILES string of the molecule is CCS(=O)(=O)SCN(CCO)CCO. The summed E-state index contributed by atoms with van der Waals surface area (Å²) >= 11 is 0. The van der Waals surface area contributed by atoms with Crippen molar-refractivity contribution >= 4 is 19.7 Å². The molecule has 0 fully saturated rings. The highest BCUT2D eigenvalue weighted by Crippen LogP contribution is 2.13. The molecule has 0 atom stereocenters. The molecule has 86 valence electrons. The van der Waals surface area contributed by atoms with Crippen LogP contribution in [0.15, 0.2) is 0 Å². The number of hydrogen-bond acceptors (Lipinski definition) is 6. The summed E-state index contributed by atoms with van der Waals surface area (Å²) in [6.45, 7) is 2.28. The van der Waals surface area contributed by atoms with Gasteiger partial charge in [0.15, 0.2) is 0 Å². The van der Waals surface area contributed by atoms with Gasteiger partial charge in [-0.05, 0) is 10.8 Å². The van der Waals surface area contributed by atoms with Crippen LogP contribution in [-0.4, -0.2) is 61.5 Å². The molecule has 0 aromatic rings. The fourth-order valence-corrected chi connectivity index (χ4v) is 2.93. The third-order valence-electron chi connectivity index (χ3n) is 1.60. The van der Waals surface area contributed by atoms with Crippen molar-refractivity contribution in [1.29, 1.82) is 0 Å². The Labute approximate surface area is 88.4 Å². The van der Waals surface area contributed by atoms with E-state index in [1.54, 1.807) is 11.8 Å². The summed E-state index contributed by atoms with van der Waals surface area (Å²) in [5, 5.41) is 17.3. The fraction of sp³-hybridized carbons (Fsp3) is 1.00. The molecule has 0 aliphatic carbocycles. The first-order valence-corrected chi connectivity index (χ1v) is 7.52. The van der Waals surface area contributed by atoms with Gasteiger partial charge >= 0.3 is 0 Å². The lowest BCUT2D eigenvalue weighted by Crippen LogP contribution is -2.30. The van der Waals surface area contributed by atoms with E-state index in [0.29, 0.717) is 13.1 Å². The van der Waals surface area contributed by atoms with E-state index in [9.17, 15) is 8.42 Å². The summed E-state index contributed by atoms with van der Waals surface area (Å²) in [7, 11) is -2.20. The first-order chi connectivity index (χ1) is 6.55. The molecule has 0 radical (unpaired) electrons. The molecule has 14 heavy (non-hydrogen) atoms. The normalized spacial score (nSPS) is 12.3. The summed E-state index contributed by atoms with van der Waals surface area (Å²) in [6, 6.07) is 0. The third-order valence-corrected chi connectivity index (χ3v) is 5.24. The Hall–Kier alpha value is 0.180. The minimum Gasteiger partial charge on any atom is -0.395 e. The molecule has 5 nitrogen and oxygen atoms in total. The van der Waals surface area contributed by atoms with Crippen LogP contribution >= 0.6 is 10.8 Å². The molecule has 0 saturated carbocycles. The van der Waals surface area contributed by atoms with Gasteiger partial charge in [0.2, 0.25) is 8.87 Å². The zero-order valence-electron chi connectivity index (χ0n) is 8.22. The Morgan fingerprint density at radius 2 is 1.71 bits per heavy atom. The average Bonchev–Trinajstić information content (AvgIpc) is 2.15. The van der Waals surface area contributed by atoms with Gasteiger partial charge in [-0.15, -0.1) is 0 Å². The van der Waals surface area contributed by atoms with Crippen LogP contribution in [-0.2, 0) is 8.87 Å². The lowest BCUT2D eigenvalue weighted by Gasteiger charge is -2.18. The quantitative estimate of drug-likeness (QED) is 0.434. The van der Waals surface area contributed by atoms with Gasteiger partial charge < -0.3 is 10.2 Å². The molecular weight excluding hydrogens is 226 g/mol. The predicted octanol–water partition coefficient (Wildman–Crippen LogP) is -0.687. The molecule has 0 amide bonds. The number of rotatable bonds is 8. The smallest absolute Gasteiger partial charge is 0.202 e. The van der Waals surface area contributed by atoms with E-state index >= 15 is 0 Å². The van der Waals surface area contributed by atoms with Crippen molar-refractivity contribution in [3.05, 3.63) is 0 Å². The van der Waals surface area contributed by atoms with E-state index in [4.69, 9.17) is 10.2 Å². The minimum atomic E-state index is -3.04. The molecule has 0 aromatic carbocycles. The highest BCUT2D eigenvalue weighted by atomic mass is 33.1. The Morgan fingerprint density at radius 3 is 2.07 bits per heavy atom. The van der Waals surface area contributed by atoms with Gasteiger partial charge in [-0.2, -0.15) is 0 Å². The van der Waals surface area contributed by atoms with E-state index in [0.717, 1.165) is 10.8 Å². The number of aliphatic hydroxyl groups is 2. The lowest BCUT2D eigenvalue weighted by molar-refractivity contribution is 0.179. The lowest BCUT2D eigenvalue weighted by atomic mass is 10.5. The van der Waals surface area contributed by atoms with Crippen LogP contribution in [0.5, 0.6) is 0 Å². The fourth-order valence-electron chi connectivity index (χ4n) is 0.762. The number of hydrogen-bond donors (Lipinski definition) is 2. The molecule has 0 spiro atoms. The molecule has 2 N–H and O–H groups in total. The standard InChI is InChI=1S/C7H17NO4S2/c1-2-14(11,12)13-7-8(3-5-9)4-6-10/h9-10H,2-7H2,1H3. The highest BCUT2D eigenvalue weighted by Gasteiger charge is 2.11. The predicted molar refractivity (Wildman–Crippen MR) is 57.7 cm³/mol. The van der Waals surface area contributed by atoms with Gasteiger partial charge in [-0.25, -0.2) is 8.42 Å². The van der Waals surface area contributed by atoms with Gasteiger partial charge in [0.05, 0.1) is 24.8 Å². The summed E-state index contributed by atoms with van der Waals surface area (Å²) in [6.07, 6.45) is 0. The Balaban J connectivity index is 3.92. The van der Waals surface area contributed by atoms with Gasteiger partial charge in [-0.1, -0.05) is 6.92 Å². The molecule has 0 rings (SSSR count). The summed E-state index contributed by atoms with van der Waals surface area (Å²) in [5.74, 6) is 0.390. The second kappa shape index (κ2) is 7.47. The van der Waals surface area contributed by atoms with Crippen LogP contribution in [0.2, 0.25) is 0 Å². The molecule has 0 aliphatic rings. The summed E-state index contributed by atoms with van der Waals surface area (Å²) in [4.78, 5) is 1.69. The second-order valence-corrected chi connectivity index (χ2v) is 7.08. The van der Waals surface area contributed by atoms with Crippen LogP contribution in [0.3, 0.4) is 0 Å². The summed E-state index contributed by atoms with van der Waals surface area (Å²) in [5.41, 5.74) is 0. The van der Waals surface area contributed by atoms with Gasteiger partial charge in [0.1, 0.15) is 0 Å². The molecule has 0 aromatic heterocycles. The topological polar surface area (TPSA) is 77.8 Å². The Bertz CT molecular complexity index is 224. The van der Waals surface area contributed by atoms with Crippen LogP contribution < -0.4 is 0 Å². The highest BCUT2D eigenvalue weighted by molar-refractivity contribution is 8.72. The molecule has 0 aliphatic heterocycles. The van der Waals surface area contributed by atoms with E-state index in [1.165, 1.54) is 0 Å². The van der Waals surface area contributed by atoms with Crippen molar-refractivity contribution < 1.29 is 18.6 Å². The van der Waals surface area contributed by atoms with Crippen molar-refractivity contribution in [1.82, 2.24) is 4.90 Å². The summed E-state index contributed by atoms with van der Waals surface area (Å²) < 4.78 is 22.2. The van der Waals surface area contributed by atoms with Gasteiger partial charge in [-0.3, -0.25) is 4.90 Å². The van der Waals surface area contributed by atoms with E-state index < -0.39 is 8.87 Å².